The second-order valence-corrected chi connectivity index (χ2v) is 4.94. The first-order valence-electron chi connectivity index (χ1n) is 5.77. The number of hydrogen-bond acceptors (Lipinski definition) is 4. The van der Waals surface area contributed by atoms with E-state index < -0.39 is 6.04 Å². The van der Waals surface area contributed by atoms with E-state index in [0.29, 0.717) is 18.8 Å². The van der Waals surface area contributed by atoms with Crippen LogP contribution in [0.2, 0.25) is 0 Å². The van der Waals surface area contributed by atoms with Crippen molar-refractivity contribution in [2.24, 2.45) is 0 Å². The Hall–Kier alpha value is -0.710. The number of carbonyl (C=O) groups excluding carboxylic acids is 2. The quantitative estimate of drug-likeness (QED) is 0.543. The molecule has 1 rings (SSSR count). The molecule has 1 heterocycles. The van der Waals surface area contributed by atoms with Crippen molar-refractivity contribution in [3.05, 3.63) is 0 Å². The van der Waals surface area contributed by atoms with Gasteiger partial charge in [-0.15, -0.1) is 0 Å². The van der Waals surface area contributed by atoms with Crippen LogP contribution in [0, 0.1) is 0 Å². The molecule has 0 aliphatic carbocycles. The van der Waals surface area contributed by atoms with Gasteiger partial charge in [0.25, 0.3) is 0 Å². The predicted octanol–water partition coefficient (Wildman–Crippen LogP) is 1.34. The molecule has 0 saturated carbocycles. The molecule has 0 radical (unpaired) electrons. The van der Waals surface area contributed by atoms with Crippen LogP contribution in [-0.2, 0) is 14.3 Å². The number of nitrogens with one attached hydrogen (secondary N) is 1. The molecule has 92 valence electrons. The van der Waals surface area contributed by atoms with Crippen molar-refractivity contribution in [2.75, 3.05) is 18.1 Å². The van der Waals surface area contributed by atoms with E-state index in [4.69, 9.17) is 4.74 Å². The molecular weight excluding hydrogens is 226 g/mol. The Bertz CT molecular complexity index is 245. The highest BCUT2D eigenvalue weighted by Crippen LogP contribution is 2.08. The van der Waals surface area contributed by atoms with E-state index >= 15 is 0 Å². The Morgan fingerprint density at radius 3 is 3.00 bits per heavy atom. The molecule has 1 fully saturated rings. The molecule has 16 heavy (non-hydrogen) atoms. The van der Waals surface area contributed by atoms with Gasteiger partial charge in [0.05, 0.1) is 12.4 Å². The highest BCUT2D eigenvalue weighted by atomic mass is 32.2. The number of thioether (sulfide) groups is 1. The van der Waals surface area contributed by atoms with Crippen molar-refractivity contribution in [2.45, 2.75) is 38.6 Å². The molecule has 0 aromatic carbocycles. The van der Waals surface area contributed by atoms with Crippen LogP contribution in [0.25, 0.3) is 0 Å². The van der Waals surface area contributed by atoms with E-state index in [1.165, 1.54) is 12.8 Å². The van der Waals surface area contributed by atoms with Gasteiger partial charge >= 0.3 is 5.97 Å². The number of unbranched alkanes of at least 4 members (excludes halogenated alkanes) is 2. The smallest absolute Gasteiger partial charge is 0.328 e. The molecule has 1 amide bonds. The number of ether oxygens (including phenoxy) is 1. The topological polar surface area (TPSA) is 55.4 Å². The van der Waals surface area contributed by atoms with Gasteiger partial charge in [0, 0.05) is 6.42 Å². The van der Waals surface area contributed by atoms with Crippen molar-refractivity contribution < 1.29 is 14.3 Å². The van der Waals surface area contributed by atoms with E-state index in [9.17, 15) is 9.59 Å². The van der Waals surface area contributed by atoms with Crippen molar-refractivity contribution in [3.63, 3.8) is 0 Å². The highest BCUT2D eigenvalue weighted by molar-refractivity contribution is 7.99. The molecule has 5 heteroatoms. The lowest BCUT2D eigenvalue weighted by atomic mass is 10.2. The van der Waals surface area contributed by atoms with E-state index in [-0.39, 0.29) is 11.9 Å². The maximum atomic E-state index is 11.4. The van der Waals surface area contributed by atoms with Crippen LogP contribution in [0.5, 0.6) is 0 Å². The largest absolute Gasteiger partial charge is 0.464 e. The van der Waals surface area contributed by atoms with Crippen molar-refractivity contribution >= 4 is 23.6 Å². The zero-order valence-corrected chi connectivity index (χ0v) is 10.5. The third kappa shape index (κ3) is 4.88. The summed E-state index contributed by atoms with van der Waals surface area (Å²) in [7, 11) is 0. The van der Waals surface area contributed by atoms with Crippen LogP contribution >= 0.6 is 11.8 Å². The van der Waals surface area contributed by atoms with Crippen LogP contribution in [0.3, 0.4) is 0 Å². The first-order valence-corrected chi connectivity index (χ1v) is 6.93. The van der Waals surface area contributed by atoms with Crippen LogP contribution in [0.4, 0.5) is 0 Å². The molecular formula is C11H19NO3S. The standard InChI is InChI=1S/C11H19NO3S/c1-2-3-4-7-16-8-10(13)12-9-5-6-15-11(9)14/h9H,2-8H2,1H3,(H,12,13). The summed E-state index contributed by atoms with van der Waals surface area (Å²) in [6.45, 7) is 2.58. The molecule has 1 saturated heterocycles. The fourth-order valence-corrected chi connectivity index (χ4v) is 2.30. The lowest BCUT2D eigenvalue weighted by Gasteiger charge is -2.08. The minimum atomic E-state index is -0.413. The summed E-state index contributed by atoms with van der Waals surface area (Å²) in [6, 6.07) is -0.413. The molecule has 1 aliphatic rings. The van der Waals surface area contributed by atoms with Gasteiger partial charge in [0.15, 0.2) is 0 Å². The van der Waals surface area contributed by atoms with Gasteiger partial charge in [-0.05, 0) is 12.2 Å². The number of amides is 1. The SMILES string of the molecule is CCCCCSCC(=O)NC1CCOC1=O. The van der Waals surface area contributed by atoms with E-state index in [2.05, 4.69) is 12.2 Å². The third-order valence-electron chi connectivity index (χ3n) is 2.40. The average molecular weight is 245 g/mol. The van der Waals surface area contributed by atoms with Gasteiger partial charge in [0.2, 0.25) is 5.91 Å². The zero-order valence-electron chi connectivity index (χ0n) is 9.66. The number of rotatable bonds is 7. The van der Waals surface area contributed by atoms with Crippen LogP contribution in [0.15, 0.2) is 0 Å². The summed E-state index contributed by atoms with van der Waals surface area (Å²) in [5.74, 6) is 1.08. The van der Waals surface area contributed by atoms with Gasteiger partial charge in [-0.2, -0.15) is 11.8 Å². The molecule has 0 bridgehead atoms. The van der Waals surface area contributed by atoms with Gasteiger partial charge in [0.1, 0.15) is 6.04 Å². The predicted molar refractivity (Wildman–Crippen MR) is 64.4 cm³/mol. The van der Waals surface area contributed by atoms with Crippen molar-refractivity contribution in [1.82, 2.24) is 5.32 Å². The summed E-state index contributed by atoms with van der Waals surface area (Å²) in [6.07, 6.45) is 4.16. The third-order valence-corrected chi connectivity index (χ3v) is 3.44. The Labute approximate surface area is 100 Å². The monoisotopic (exact) mass is 245 g/mol. The average Bonchev–Trinajstić information content (AvgIpc) is 2.64. The van der Waals surface area contributed by atoms with E-state index in [1.54, 1.807) is 11.8 Å². The molecule has 1 unspecified atom stereocenters. The molecule has 4 nitrogen and oxygen atoms in total. The van der Waals surface area contributed by atoms with Crippen molar-refractivity contribution in [1.29, 1.82) is 0 Å². The van der Waals surface area contributed by atoms with Gasteiger partial charge in [-0.1, -0.05) is 19.8 Å². The Kier molecular flexibility index (Phi) is 6.30. The van der Waals surface area contributed by atoms with Crippen molar-refractivity contribution in [3.8, 4) is 0 Å². The summed E-state index contributed by atoms with van der Waals surface area (Å²) in [4.78, 5) is 22.5. The Balaban J connectivity index is 2.04. The molecule has 0 aromatic heterocycles. The molecule has 1 atom stereocenters. The van der Waals surface area contributed by atoms with E-state index in [0.717, 1.165) is 12.2 Å². The second kappa shape index (κ2) is 7.54. The zero-order chi connectivity index (χ0) is 11.8. The van der Waals surface area contributed by atoms with Crippen LogP contribution in [-0.4, -0.2) is 36.0 Å². The van der Waals surface area contributed by atoms with Crippen LogP contribution < -0.4 is 5.32 Å². The van der Waals surface area contributed by atoms with Gasteiger partial charge in [-0.3, -0.25) is 4.79 Å². The number of cyclic esters (lactones) is 1. The lowest BCUT2D eigenvalue weighted by Crippen LogP contribution is -2.38. The fourth-order valence-electron chi connectivity index (χ4n) is 1.48. The van der Waals surface area contributed by atoms with Crippen LogP contribution in [0.1, 0.15) is 32.6 Å². The first-order chi connectivity index (χ1) is 7.74. The summed E-state index contributed by atoms with van der Waals surface area (Å²) in [5.41, 5.74) is 0. The minimum Gasteiger partial charge on any atom is -0.464 e. The summed E-state index contributed by atoms with van der Waals surface area (Å²) >= 11 is 1.62. The number of esters is 1. The summed E-state index contributed by atoms with van der Waals surface area (Å²) < 4.78 is 4.76. The Morgan fingerprint density at radius 1 is 1.56 bits per heavy atom. The first kappa shape index (κ1) is 13.4. The normalized spacial score (nSPS) is 19.6. The summed E-state index contributed by atoms with van der Waals surface area (Å²) in [5, 5.41) is 2.69. The maximum absolute atomic E-state index is 11.4. The maximum Gasteiger partial charge on any atom is 0.328 e. The Morgan fingerprint density at radius 2 is 2.38 bits per heavy atom. The second-order valence-electron chi connectivity index (χ2n) is 3.84. The molecule has 1 N–H and O–H groups in total. The van der Waals surface area contributed by atoms with Gasteiger partial charge in [-0.25, -0.2) is 4.79 Å². The fraction of sp³-hybridized carbons (Fsp3) is 0.818. The highest BCUT2D eigenvalue weighted by Gasteiger charge is 2.27. The number of hydrogen-bond donors (Lipinski definition) is 1. The lowest BCUT2D eigenvalue weighted by molar-refractivity contribution is -0.141. The van der Waals surface area contributed by atoms with E-state index in [1.807, 2.05) is 0 Å². The van der Waals surface area contributed by atoms with Gasteiger partial charge < -0.3 is 10.1 Å². The minimum absolute atomic E-state index is 0.0645. The number of carbonyl (C=O) groups is 2. The molecule has 0 aromatic rings. The molecule has 0 spiro atoms. The molecule has 1 aliphatic heterocycles.